The van der Waals surface area contributed by atoms with E-state index >= 15 is 0 Å². The van der Waals surface area contributed by atoms with Gasteiger partial charge in [-0.1, -0.05) is 73.8 Å². The third-order valence-corrected chi connectivity index (χ3v) is 7.97. The number of hydrogen-bond acceptors (Lipinski definition) is 5. The van der Waals surface area contributed by atoms with Crippen LogP contribution >= 0.6 is 11.6 Å². The van der Waals surface area contributed by atoms with Crippen LogP contribution in [0.15, 0.2) is 47.0 Å². The molecular weight excluding hydrogens is 474 g/mol. The first-order valence-corrected chi connectivity index (χ1v) is 13.4. The third-order valence-electron chi connectivity index (χ3n) is 7.62. The van der Waals surface area contributed by atoms with Crippen LogP contribution in [0, 0.1) is 17.3 Å². The Hall–Kier alpha value is -2.70. The summed E-state index contributed by atoms with van der Waals surface area (Å²) in [5.74, 6) is 1.56. The molecule has 0 spiro atoms. The van der Waals surface area contributed by atoms with E-state index in [1.54, 1.807) is 0 Å². The predicted molar refractivity (Wildman–Crippen MR) is 141 cm³/mol. The largest absolute Gasteiger partial charge is 0.481 e. The quantitative estimate of drug-likeness (QED) is 0.346. The molecule has 2 heterocycles. The normalized spacial score (nSPS) is 18.0. The summed E-state index contributed by atoms with van der Waals surface area (Å²) in [5, 5.41) is 14.8. The number of benzene rings is 2. The molecule has 36 heavy (non-hydrogen) atoms. The monoisotopic (exact) mass is 507 g/mol. The average Bonchev–Trinajstić information content (AvgIpc) is 3.53. The van der Waals surface area contributed by atoms with E-state index in [1.165, 1.54) is 18.4 Å². The van der Waals surface area contributed by atoms with E-state index < -0.39 is 11.4 Å². The van der Waals surface area contributed by atoms with Crippen LogP contribution in [0.5, 0.6) is 0 Å². The Kier molecular flexibility index (Phi) is 7.18. The summed E-state index contributed by atoms with van der Waals surface area (Å²) < 4.78 is 5.53. The number of rotatable bonds is 9. The van der Waals surface area contributed by atoms with Gasteiger partial charge in [0, 0.05) is 22.7 Å². The van der Waals surface area contributed by atoms with E-state index in [4.69, 9.17) is 16.1 Å². The standard InChI is InChI=1S/C29H34ClN3O3/c1-19(2)15-23-9-10-24(16-25(23)30)27-31-26(32-36-27)22-7-5-21(6-8-22)18-33-13-11-29(12-14-33,28(34)35)17-20-3-4-20/h5-10,16,19-20H,3-4,11-15,17-18H2,1-2H3,(H,34,35). The van der Waals surface area contributed by atoms with Gasteiger partial charge in [0.2, 0.25) is 5.82 Å². The van der Waals surface area contributed by atoms with Gasteiger partial charge in [-0.15, -0.1) is 0 Å². The van der Waals surface area contributed by atoms with Gasteiger partial charge in [0.1, 0.15) is 0 Å². The SMILES string of the molecule is CC(C)Cc1ccc(-c2nc(-c3ccc(CN4CCC(CC5CC5)(C(=O)O)CC4)cc3)no2)cc1Cl. The van der Waals surface area contributed by atoms with Gasteiger partial charge < -0.3 is 9.63 Å². The van der Waals surface area contributed by atoms with Crippen molar-refractivity contribution in [3.8, 4) is 22.8 Å². The van der Waals surface area contributed by atoms with Gasteiger partial charge >= 0.3 is 5.97 Å². The fraction of sp³-hybridized carbons (Fsp3) is 0.483. The number of aromatic nitrogens is 2. The smallest absolute Gasteiger partial charge is 0.309 e. The molecule has 5 rings (SSSR count). The molecule has 0 amide bonds. The summed E-state index contributed by atoms with van der Waals surface area (Å²) in [7, 11) is 0. The van der Waals surface area contributed by atoms with Crippen LogP contribution in [0.1, 0.15) is 57.1 Å². The molecule has 3 aromatic rings. The van der Waals surface area contributed by atoms with Gasteiger partial charge in [0.25, 0.3) is 5.89 Å². The first-order chi connectivity index (χ1) is 17.3. The van der Waals surface area contributed by atoms with Gasteiger partial charge in [0.05, 0.1) is 5.41 Å². The minimum absolute atomic E-state index is 0.452. The number of carboxylic acids is 1. The van der Waals surface area contributed by atoms with Gasteiger partial charge in [-0.05, 0) is 73.9 Å². The number of nitrogens with zero attached hydrogens (tertiary/aromatic N) is 3. The van der Waals surface area contributed by atoms with Crippen LogP contribution in [-0.2, 0) is 17.8 Å². The number of halogens is 1. The first kappa shape index (κ1) is 25.0. The lowest BCUT2D eigenvalue weighted by Gasteiger charge is -2.39. The molecule has 1 saturated heterocycles. The van der Waals surface area contributed by atoms with Crippen molar-refractivity contribution >= 4 is 17.6 Å². The Balaban J connectivity index is 1.20. The number of carboxylic acid groups (broad SMARTS) is 1. The van der Waals surface area contributed by atoms with Crippen molar-refractivity contribution in [2.45, 2.75) is 58.9 Å². The summed E-state index contributed by atoms with van der Waals surface area (Å²) in [6.07, 6.45) is 5.66. The zero-order chi connectivity index (χ0) is 25.3. The third kappa shape index (κ3) is 5.65. The number of likely N-dealkylation sites (tertiary alicyclic amines) is 1. The molecule has 6 nitrogen and oxygen atoms in total. The topological polar surface area (TPSA) is 79.5 Å². The highest BCUT2D eigenvalue weighted by Gasteiger charge is 2.45. The lowest BCUT2D eigenvalue weighted by molar-refractivity contribution is -0.153. The fourth-order valence-electron chi connectivity index (χ4n) is 5.28. The molecule has 1 aliphatic heterocycles. The molecule has 1 saturated carbocycles. The van der Waals surface area contributed by atoms with E-state index in [0.717, 1.165) is 67.0 Å². The Morgan fingerprint density at radius 1 is 1.14 bits per heavy atom. The van der Waals surface area contributed by atoms with Crippen molar-refractivity contribution < 1.29 is 14.4 Å². The Morgan fingerprint density at radius 2 is 1.83 bits per heavy atom. The predicted octanol–water partition coefficient (Wildman–Crippen LogP) is 6.72. The number of aliphatic carboxylic acids is 1. The Bertz CT molecular complexity index is 1210. The van der Waals surface area contributed by atoms with Crippen molar-refractivity contribution in [3.63, 3.8) is 0 Å². The Labute approximate surface area is 217 Å². The molecule has 0 bridgehead atoms. The van der Waals surface area contributed by atoms with E-state index in [9.17, 15) is 9.90 Å². The molecule has 1 aromatic heterocycles. The molecular formula is C29H34ClN3O3. The molecule has 190 valence electrons. The lowest BCUT2D eigenvalue weighted by Crippen LogP contribution is -2.44. The van der Waals surface area contributed by atoms with E-state index in [1.807, 2.05) is 30.3 Å². The number of carbonyl (C=O) groups is 1. The molecule has 1 N–H and O–H groups in total. The molecule has 2 aromatic carbocycles. The first-order valence-electron chi connectivity index (χ1n) is 13.0. The zero-order valence-corrected chi connectivity index (χ0v) is 21.8. The second-order valence-corrected chi connectivity index (χ2v) is 11.4. The summed E-state index contributed by atoms with van der Waals surface area (Å²) in [6, 6.07) is 14.1. The molecule has 7 heteroatoms. The van der Waals surface area contributed by atoms with Crippen LogP contribution in [0.2, 0.25) is 5.02 Å². The second kappa shape index (κ2) is 10.3. The highest BCUT2D eigenvalue weighted by atomic mass is 35.5. The molecule has 2 fully saturated rings. The lowest BCUT2D eigenvalue weighted by atomic mass is 9.74. The van der Waals surface area contributed by atoms with Crippen LogP contribution in [0.4, 0.5) is 0 Å². The molecule has 0 unspecified atom stereocenters. The van der Waals surface area contributed by atoms with Gasteiger partial charge in [-0.25, -0.2) is 0 Å². The van der Waals surface area contributed by atoms with Crippen molar-refractivity contribution in [1.29, 1.82) is 0 Å². The minimum atomic E-state index is -0.605. The van der Waals surface area contributed by atoms with Crippen molar-refractivity contribution in [3.05, 3.63) is 58.6 Å². The van der Waals surface area contributed by atoms with Gasteiger partial charge in [-0.2, -0.15) is 4.98 Å². The van der Waals surface area contributed by atoms with Crippen LogP contribution in [0.3, 0.4) is 0 Å². The molecule has 0 atom stereocenters. The van der Waals surface area contributed by atoms with E-state index in [0.29, 0.717) is 23.6 Å². The zero-order valence-electron chi connectivity index (χ0n) is 21.0. The highest BCUT2D eigenvalue weighted by Crippen LogP contribution is 2.46. The maximum atomic E-state index is 12.0. The average molecular weight is 508 g/mol. The van der Waals surface area contributed by atoms with Crippen LogP contribution in [0.25, 0.3) is 22.8 Å². The van der Waals surface area contributed by atoms with Gasteiger partial charge in [0.15, 0.2) is 0 Å². The number of piperidine rings is 1. The summed E-state index contributed by atoms with van der Waals surface area (Å²) in [6.45, 7) is 6.82. The van der Waals surface area contributed by atoms with Crippen molar-refractivity contribution in [2.24, 2.45) is 17.3 Å². The van der Waals surface area contributed by atoms with Crippen LogP contribution < -0.4 is 0 Å². The van der Waals surface area contributed by atoms with Crippen LogP contribution in [-0.4, -0.2) is 39.2 Å². The molecule has 2 aliphatic rings. The van der Waals surface area contributed by atoms with Crippen molar-refractivity contribution in [2.75, 3.05) is 13.1 Å². The maximum absolute atomic E-state index is 12.0. The van der Waals surface area contributed by atoms with Gasteiger partial charge in [-0.3, -0.25) is 9.69 Å². The second-order valence-electron chi connectivity index (χ2n) is 11.0. The summed E-state index contributed by atoms with van der Waals surface area (Å²) >= 11 is 6.48. The molecule has 1 aliphatic carbocycles. The maximum Gasteiger partial charge on any atom is 0.309 e. The Morgan fingerprint density at radius 3 is 2.44 bits per heavy atom. The molecule has 0 radical (unpaired) electrons. The summed E-state index contributed by atoms with van der Waals surface area (Å²) in [4.78, 5) is 18.9. The van der Waals surface area contributed by atoms with E-state index in [2.05, 4.69) is 41.0 Å². The van der Waals surface area contributed by atoms with E-state index in [-0.39, 0.29) is 0 Å². The summed E-state index contributed by atoms with van der Waals surface area (Å²) in [5.41, 5.74) is 3.50. The number of hydrogen-bond donors (Lipinski definition) is 1. The van der Waals surface area contributed by atoms with Crippen molar-refractivity contribution in [1.82, 2.24) is 15.0 Å². The highest BCUT2D eigenvalue weighted by molar-refractivity contribution is 6.31. The minimum Gasteiger partial charge on any atom is -0.481 e. The fourth-order valence-corrected chi connectivity index (χ4v) is 5.54.